The fourth-order valence-corrected chi connectivity index (χ4v) is 7.14. The lowest BCUT2D eigenvalue weighted by atomic mass is 9.48. The Morgan fingerprint density at radius 2 is 1.34 bits per heavy atom. The molecule has 0 radical (unpaired) electrons. The summed E-state index contributed by atoms with van der Waals surface area (Å²) in [7, 11) is 0.894. The van der Waals surface area contributed by atoms with Crippen LogP contribution in [-0.4, -0.2) is 19.6 Å². The summed E-state index contributed by atoms with van der Waals surface area (Å²) in [4.78, 5) is 0. The van der Waals surface area contributed by atoms with Gasteiger partial charge in [-0.1, -0.05) is 71.5 Å². The highest BCUT2D eigenvalue weighted by Crippen LogP contribution is 2.48. The summed E-state index contributed by atoms with van der Waals surface area (Å²) in [5.74, 6) is 3.68. The molecule has 0 nitrogen and oxygen atoms in total. The van der Waals surface area contributed by atoms with Gasteiger partial charge >= 0.3 is 0 Å². The molecule has 0 aliphatic heterocycles. The van der Waals surface area contributed by atoms with Crippen molar-refractivity contribution in [1.82, 2.24) is 0 Å². The van der Waals surface area contributed by atoms with Gasteiger partial charge in [0.15, 0.2) is 0 Å². The van der Waals surface area contributed by atoms with Crippen LogP contribution in [0.5, 0.6) is 0 Å². The number of hydrogen-bond acceptors (Lipinski definition) is 0. The Kier molecular flexibility index (Phi) is 9.37. The molecule has 0 spiro atoms. The molecule has 3 aliphatic carbocycles. The Bertz CT molecular complexity index is 454. The van der Waals surface area contributed by atoms with Crippen LogP contribution in [0, 0.1) is 29.6 Å². The predicted octanol–water partition coefficient (Wildman–Crippen LogP) is 8.32. The van der Waals surface area contributed by atoms with Crippen molar-refractivity contribution in [2.24, 2.45) is 29.6 Å². The summed E-state index contributed by atoms with van der Waals surface area (Å²) >= 11 is 0. The van der Waals surface area contributed by atoms with Crippen LogP contribution in [0.4, 0.5) is 8.78 Å². The second kappa shape index (κ2) is 11.5. The van der Waals surface area contributed by atoms with Gasteiger partial charge in [0.25, 0.3) is 0 Å². The minimum atomic E-state index is -1.21. The van der Waals surface area contributed by atoms with E-state index in [1.165, 1.54) is 64.2 Å². The Hall–Kier alpha value is -0.0751. The van der Waals surface area contributed by atoms with Crippen molar-refractivity contribution in [2.45, 2.75) is 135 Å². The van der Waals surface area contributed by atoms with Crippen LogP contribution in [0.15, 0.2) is 0 Å². The van der Waals surface area contributed by atoms with E-state index in [0.29, 0.717) is 11.7 Å². The molecule has 0 N–H and O–H groups in total. The van der Waals surface area contributed by atoms with Gasteiger partial charge in [0.2, 0.25) is 0 Å². The lowest BCUT2D eigenvalue weighted by Crippen LogP contribution is -2.42. The van der Waals surface area contributed by atoms with Gasteiger partial charge in [0, 0.05) is 0 Å². The second-order valence-electron chi connectivity index (χ2n) is 11.4. The van der Waals surface area contributed by atoms with Gasteiger partial charge < -0.3 is 0 Å². The van der Waals surface area contributed by atoms with Gasteiger partial charge in [-0.05, 0) is 80.4 Å². The smallest absolute Gasteiger partial charge is 0.134 e. The molecule has 168 valence electrons. The maximum Gasteiger partial charge on any atom is 0.134 e. The molecule has 0 bridgehead atoms. The molecule has 0 heterocycles. The van der Waals surface area contributed by atoms with Gasteiger partial charge in [-0.25, -0.2) is 8.78 Å². The molecule has 3 saturated carbocycles. The number of rotatable bonds is 8. The van der Waals surface area contributed by atoms with Crippen molar-refractivity contribution in [3.8, 4) is 0 Å². The third kappa shape index (κ3) is 6.45. The molecule has 0 aromatic heterocycles. The normalized spacial score (nSPS) is 42.4. The lowest BCUT2D eigenvalue weighted by molar-refractivity contribution is 0.0156. The average Bonchev–Trinajstić information content (AvgIpc) is 2.73. The van der Waals surface area contributed by atoms with E-state index in [2.05, 4.69) is 20.8 Å². The van der Waals surface area contributed by atoms with Crippen molar-refractivity contribution >= 4 is 7.28 Å². The Morgan fingerprint density at radius 3 is 1.97 bits per heavy atom. The highest BCUT2D eigenvalue weighted by Gasteiger charge is 2.44. The monoisotopic (exact) mass is 408 g/mol. The van der Waals surface area contributed by atoms with E-state index < -0.39 is 12.3 Å². The van der Waals surface area contributed by atoms with E-state index in [-0.39, 0.29) is 11.7 Å². The Balaban J connectivity index is 1.42. The topological polar surface area (TPSA) is 0 Å². The maximum atomic E-state index is 15.2. The minimum Gasteiger partial charge on any atom is -0.245 e. The van der Waals surface area contributed by atoms with E-state index in [1.54, 1.807) is 0 Å². The summed E-state index contributed by atoms with van der Waals surface area (Å²) in [5.41, 5.74) is 0. The van der Waals surface area contributed by atoms with Crippen LogP contribution < -0.4 is 0 Å². The van der Waals surface area contributed by atoms with Gasteiger partial charge in [0.1, 0.15) is 19.6 Å². The quantitative estimate of drug-likeness (QED) is 0.280. The number of alkyl halides is 2. The van der Waals surface area contributed by atoms with Crippen LogP contribution in [0.2, 0.25) is 11.6 Å². The zero-order chi connectivity index (χ0) is 20.8. The minimum absolute atomic E-state index is 0.00368. The predicted molar refractivity (Wildman–Crippen MR) is 124 cm³/mol. The molecule has 0 saturated heterocycles. The van der Waals surface area contributed by atoms with Crippen LogP contribution in [0.3, 0.4) is 0 Å². The van der Waals surface area contributed by atoms with Gasteiger partial charge in [-0.15, -0.1) is 0 Å². The molecule has 0 aromatic carbocycles. The van der Waals surface area contributed by atoms with Crippen molar-refractivity contribution in [2.75, 3.05) is 0 Å². The Labute approximate surface area is 180 Å². The summed E-state index contributed by atoms with van der Waals surface area (Å²) in [6, 6.07) is 0. The zero-order valence-corrected chi connectivity index (χ0v) is 19.6. The number of halogens is 2. The van der Waals surface area contributed by atoms with Crippen LogP contribution in [-0.2, 0) is 0 Å². The van der Waals surface area contributed by atoms with Crippen LogP contribution >= 0.6 is 0 Å². The maximum absolute atomic E-state index is 15.2. The summed E-state index contributed by atoms with van der Waals surface area (Å²) in [5, 5.41) is 0. The van der Waals surface area contributed by atoms with Crippen LogP contribution in [0.1, 0.15) is 111 Å². The second-order valence-corrected chi connectivity index (χ2v) is 11.4. The average molecular weight is 408 g/mol. The molecular weight excluding hydrogens is 361 g/mol. The molecular formula is C26H47BF2. The summed E-state index contributed by atoms with van der Waals surface area (Å²) in [6.45, 7) is 6.86. The molecule has 3 heteroatoms. The van der Waals surface area contributed by atoms with Gasteiger partial charge in [-0.3, -0.25) is 0 Å². The fourth-order valence-electron chi connectivity index (χ4n) is 7.14. The molecule has 0 amide bonds. The van der Waals surface area contributed by atoms with Crippen molar-refractivity contribution in [3.05, 3.63) is 0 Å². The van der Waals surface area contributed by atoms with Crippen molar-refractivity contribution < 1.29 is 8.78 Å². The van der Waals surface area contributed by atoms with Crippen LogP contribution in [0.25, 0.3) is 0 Å². The zero-order valence-electron chi connectivity index (χ0n) is 19.6. The fraction of sp³-hybridized carbons (Fsp3) is 1.00. The van der Waals surface area contributed by atoms with Gasteiger partial charge in [-0.2, -0.15) is 0 Å². The first-order valence-electron chi connectivity index (χ1n) is 13.3. The van der Waals surface area contributed by atoms with Crippen molar-refractivity contribution in [1.29, 1.82) is 0 Å². The van der Waals surface area contributed by atoms with E-state index in [9.17, 15) is 0 Å². The summed E-state index contributed by atoms with van der Waals surface area (Å²) in [6.07, 6.45) is 14.9. The first-order valence-corrected chi connectivity index (χ1v) is 13.3. The molecule has 0 aromatic rings. The molecule has 5 unspecified atom stereocenters. The third-order valence-corrected chi connectivity index (χ3v) is 9.19. The molecule has 5 atom stereocenters. The molecule has 29 heavy (non-hydrogen) atoms. The molecule has 3 fully saturated rings. The third-order valence-electron chi connectivity index (χ3n) is 9.19. The van der Waals surface area contributed by atoms with E-state index in [0.717, 1.165) is 50.7 Å². The first-order chi connectivity index (χ1) is 14.0. The van der Waals surface area contributed by atoms with Crippen molar-refractivity contribution in [3.63, 3.8) is 0 Å². The highest BCUT2D eigenvalue weighted by atomic mass is 19.2. The van der Waals surface area contributed by atoms with E-state index in [4.69, 9.17) is 0 Å². The standard InChI is InChI=1S/C26H47BF2/c1-4-5-6-7-19(3)27-24-17-16-23(25(28)26(24)29)22-14-12-21(13-15-22)20-10-8-18(2)9-11-20/h18-27H,4-17H2,1-3H3. The SMILES string of the molecule is CCCCCC(C)BC1CCC(C2CCC(C3CCC(C)CC3)CC2)C(F)C1F. The number of hydrogen-bond donors (Lipinski definition) is 0. The first kappa shape index (κ1) is 23.6. The Morgan fingerprint density at radius 1 is 0.759 bits per heavy atom. The number of unbranched alkanes of at least 4 members (excludes halogenated alkanes) is 2. The molecule has 3 aliphatic rings. The van der Waals surface area contributed by atoms with E-state index in [1.807, 2.05) is 0 Å². The lowest BCUT2D eigenvalue weighted by Gasteiger charge is -2.43. The van der Waals surface area contributed by atoms with E-state index >= 15 is 8.78 Å². The largest absolute Gasteiger partial charge is 0.245 e. The van der Waals surface area contributed by atoms with Gasteiger partial charge in [0.05, 0.1) is 0 Å². The summed E-state index contributed by atoms with van der Waals surface area (Å²) < 4.78 is 30.2. The highest BCUT2D eigenvalue weighted by molar-refractivity contribution is 6.39. The molecule has 3 rings (SSSR count).